The van der Waals surface area contributed by atoms with Crippen LogP contribution in [-0.4, -0.2) is 29.7 Å². The van der Waals surface area contributed by atoms with Gasteiger partial charge in [-0.3, -0.25) is 0 Å². The van der Waals surface area contributed by atoms with Gasteiger partial charge in [0.05, 0.1) is 5.56 Å². The first-order valence-electron chi connectivity index (χ1n) is 7.32. The minimum absolute atomic E-state index is 0.260. The lowest BCUT2D eigenvalue weighted by Crippen LogP contribution is -2.35. The Morgan fingerprint density at radius 3 is 2.48 bits per heavy atom. The van der Waals surface area contributed by atoms with Gasteiger partial charge in [-0.1, -0.05) is 6.07 Å². The first-order valence-corrected chi connectivity index (χ1v) is 7.32. The van der Waals surface area contributed by atoms with Crippen LogP contribution < -0.4 is 0 Å². The molecule has 0 aliphatic carbocycles. The third-order valence-corrected chi connectivity index (χ3v) is 3.61. The van der Waals surface area contributed by atoms with E-state index in [0.29, 0.717) is 18.5 Å². The third kappa shape index (κ3) is 4.36. The van der Waals surface area contributed by atoms with Gasteiger partial charge in [0, 0.05) is 19.0 Å². The van der Waals surface area contributed by atoms with Gasteiger partial charge in [0.15, 0.2) is 0 Å². The summed E-state index contributed by atoms with van der Waals surface area (Å²) in [5.74, 6) is -1.55. The van der Waals surface area contributed by atoms with Crippen molar-refractivity contribution in [2.24, 2.45) is 0 Å². The first kappa shape index (κ1) is 17.6. The summed E-state index contributed by atoms with van der Waals surface area (Å²) < 4.78 is 56.9. The van der Waals surface area contributed by atoms with Crippen LogP contribution in [0.1, 0.15) is 44.2 Å². The van der Waals surface area contributed by atoms with Crippen molar-refractivity contribution >= 4 is 6.09 Å². The normalized spacial score (nSPS) is 19.1. The molecule has 1 aromatic rings. The van der Waals surface area contributed by atoms with Gasteiger partial charge in [0.25, 0.3) is 0 Å². The fraction of sp³-hybridized carbons (Fsp3) is 0.562. The zero-order valence-electron chi connectivity index (χ0n) is 13.2. The second-order valence-electron chi connectivity index (χ2n) is 6.65. The second kappa shape index (κ2) is 6.02. The van der Waals surface area contributed by atoms with E-state index >= 15 is 0 Å². The molecule has 0 bridgehead atoms. The van der Waals surface area contributed by atoms with Gasteiger partial charge in [-0.2, -0.15) is 13.2 Å². The van der Waals surface area contributed by atoms with Gasteiger partial charge in [0.1, 0.15) is 11.4 Å². The molecule has 3 nitrogen and oxygen atoms in total. The Morgan fingerprint density at radius 1 is 1.26 bits per heavy atom. The van der Waals surface area contributed by atoms with Crippen molar-refractivity contribution in [2.45, 2.75) is 44.9 Å². The van der Waals surface area contributed by atoms with E-state index in [4.69, 9.17) is 4.74 Å². The molecule has 1 amide bonds. The molecule has 1 saturated heterocycles. The molecule has 1 aromatic carbocycles. The average Bonchev–Trinajstić information content (AvgIpc) is 2.85. The SMILES string of the molecule is CC(C)(C)OC(=O)N1CCC(c2ccc(F)c(C(F)(F)F)c2)C1. The molecule has 1 heterocycles. The maximum atomic E-state index is 13.3. The molecule has 1 atom stereocenters. The number of alkyl halides is 3. The summed E-state index contributed by atoms with van der Waals surface area (Å²) in [6.45, 7) is 5.90. The number of amides is 1. The van der Waals surface area contributed by atoms with Crippen molar-refractivity contribution < 1.29 is 27.1 Å². The summed E-state index contributed by atoms with van der Waals surface area (Å²) in [4.78, 5) is 13.4. The zero-order chi connectivity index (χ0) is 17.4. The van der Waals surface area contributed by atoms with E-state index in [1.165, 1.54) is 11.0 Å². The van der Waals surface area contributed by atoms with Crippen LogP contribution in [0.5, 0.6) is 0 Å². The van der Waals surface area contributed by atoms with E-state index in [9.17, 15) is 22.4 Å². The first-order chi connectivity index (χ1) is 10.5. The quantitative estimate of drug-likeness (QED) is 0.705. The topological polar surface area (TPSA) is 29.5 Å². The fourth-order valence-corrected chi connectivity index (χ4v) is 2.54. The molecule has 0 saturated carbocycles. The molecule has 0 spiro atoms. The molecule has 1 aliphatic heterocycles. The van der Waals surface area contributed by atoms with Gasteiger partial charge in [-0.25, -0.2) is 9.18 Å². The van der Waals surface area contributed by atoms with Crippen molar-refractivity contribution in [2.75, 3.05) is 13.1 Å². The number of hydrogen-bond acceptors (Lipinski definition) is 2. The highest BCUT2D eigenvalue weighted by atomic mass is 19.4. The highest BCUT2D eigenvalue weighted by Crippen LogP contribution is 2.35. The van der Waals surface area contributed by atoms with Gasteiger partial charge in [0.2, 0.25) is 0 Å². The highest BCUT2D eigenvalue weighted by molar-refractivity contribution is 5.68. The molecule has 7 heteroatoms. The number of likely N-dealkylation sites (tertiary alicyclic amines) is 1. The molecule has 0 radical (unpaired) electrons. The van der Waals surface area contributed by atoms with Crippen molar-refractivity contribution in [1.29, 1.82) is 0 Å². The predicted octanol–water partition coefficient (Wildman–Crippen LogP) is 4.57. The summed E-state index contributed by atoms with van der Waals surface area (Å²) in [6, 6.07) is 3.00. The molecule has 1 fully saturated rings. The van der Waals surface area contributed by atoms with Crippen LogP contribution in [0, 0.1) is 5.82 Å². The molecule has 0 N–H and O–H groups in total. The zero-order valence-corrected chi connectivity index (χ0v) is 13.2. The summed E-state index contributed by atoms with van der Waals surface area (Å²) in [5.41, 5.74) is -1.52. The predicted molar refractivity (Wildman–Crippen MR) is 76.6 cm³/mol. The van der Waals surface area contributed by atoms with E-state index in [0.717, 1.165) is 12.1 Å². The van der Waals surface area contributed by atoms with Gasteiger partial charge in [-0.15, -0.1) is 0 Å². The molecular formula is C16H19F4NO2. The van der Waals surface area contributed by atoms with Crippen LogP contribution in [0.3, 0.4) is 0 Å². The fourth-order valence-electron chi connectivity index (χ4n) is 2.54. The Balaban J connectivity index is 2.12. The number of nitrogens with zero attached hydrogens (tertiary/aromatic N) is 1. The summed E-state index contributed by atoms with van der Waals surface area (Å²) in [6.07, 6.45) is -4.70. The van der Waals surface area contributed by atoms with Crippen LogP contribution in [0.25, 0.3) is 0 Å². The molecular weight excluding hydrogens is 314 g/mol. The lowest BCUT2D eigenvalue weighted by Gasteiger charge is -2.24. The smallest absolute Gasteiger partial charge is 0.419 e. The Morgan fingerprint density at radius 2 is 1.91 bits per heavy atom. The van der Waals surface area contributed by atoms with E-state index < -0.39 is 29.3 Å². The second-order valence-corrected chi connectivity index (χ2v) is 6.65. The lowest BCUT2D eigenvalue weighted by atomic mass is 9.96. The van der Waals surface area contributed by atoms with Crippen LogP contribution in [0.4, 0.5) is 22.4 Å². The summed E-state index contributed by atoms with van der Waals surface area (Å²) in [7, 11) is 0. The third-order valence-electron chi connectivity index (χ3n) is 3.61. The van der Waals surface area contributed by atoms with Crippen LogP contribution in [0.2, 0.25) is 0 Å². The van der Waals surface area contributed by atoms with E-state index in [2.05, 4.69) is 0 Å². The summed E-state index contributed by atoms with van der Waals surface area (Å²) >= 11 is 0. The maximum absolute atomic E-state index is 13.3. The van der Waals surface area contributed by atoms with Crippen LogP contribution in [-0.2, 0) is 10.9 Å². The Hall–Kier alpha value is -1.79. The monoisotopic (exact) mass is 333 g/mol. The summed E-state index contributed by atoms with van der Waals surface area (Å²) in [5, 5.41) is 0. The standard InChI is InChI=1S/C16H19F4NO2/c1-15(2,3)23-14(22)21-7-6-11(9-21)10-4-5-13(17)12(8-10)16(18,19)20/h4-5,8,11H,6-7,9H2,1-3H3. The van der Waals surface area contributed by atoms with E-state index in [1.54, 1.807) is 20.8 Å². The number of hydrogen-bond donors (Lipinski definition) is 0. The lowest BCUT2D eigenvalue weighted by molar-refractivity contribution is -0.140. The number of halogens is 4. The number of ether oxygens (including phenoxy) is 1. The molecule has 0 aromatic heterocycles. The molecule has 1 aliphatic rings. The largest absolute Gasteiger partial charge is 0.444 e. The molecule has 128 valence electrons. The number of rotatable bonds is 1. The van der Waals surface area contributed by atoms with Crippen molar-refractivity contribution in [3.8, 4) is 0 Å². The van der Waals surface area contributed by atoms with Gasteiger partial charge in [-0.05, 0) is 44.9 Å². The van der Waals surface area contributed by atoms with Crippen molar-refractivity contribution in [3.05, 3.63) is 35.1 Å². The van der Waals surface area contributed by atoms with Crippen molar-refractivity contribution in [3.63, 3.8) is 0 Å². The molecule has 2 rings (SSSR count). The van der Waals surface area contributed by atoms with Crippen LogP contribution in [0.15, 0.2) is 18.2 Å². The Bertz CT molecular complexity index is 593. The molecule has 1 unspecified atom stereocenters. The van der Waals surface area contributed by atoms with E-state index in [-0.39, 0.29) is 12.5 Å². The maximum Gasteiger partial charge on any atom is 0.419 e. The number of carbonyl (C=O) groups excluding carboxylic acids is 1. The number of carbonyl (C=O) groups is 1. The van der Waals surface area contributed by atoms with Gasteiger partial charge < -0.3 is 9.64 Å². The minimum atomic E-state index is -4.73. The average molecular weight is 333 g/mol. The minimum Gasteiger partial charge on any atom is -0.444 e. The van der Waals surface area contributed by atoms with E-state index in [1.807, 2.05) is 0 Å². The highest BCUT2D eigenvalue weighted by Gasteiger charge is 2.36. The van der Waals surface area contributed by atoms with Crippen LogP contribution >= 0.6 is 0 Å². The van der Waals surface area contributed by atoms with Gasteiger partial charge >= 0.3 is 12.3 Å². The Kier molecular flexibility index (Phi) is 4.59. The molecule has 23 heavy (non-hydrogen) atoms. The Labute approximate surface area is 132 Å². The number of benzene rings is 1. The van der Waals surface area contributed by atoms with Crippen molar-refractivity contribution in [1.82, 2.24) is 4.90 Å².